The minimum Gasteiger partial charge on any atom is -0.497 e. The zero-order valence-corrected chi connectivity index (χ0v) is 25.5. The van der Waals surface area contributed by atoms with Gasteiger partial charge in [0.15, 0.2) is 6.29 Å². The number of rotatable bonds is 12. The molecule has 0 aromatic heterocycles. The number of aliphatic hydroxyl groups is 1. The second-order valence-electron chi connectivity index (χ2n) is 11.1. The van der Waals surface area contributed by atoms with E-state index in [1.54, 1.807) is 7.11 Å². The molecule has 2 unspecified atom stereocenters. The Morgan fingerprint density at radius 3 is 1.98 bits per heavy atom. The summed E-state index contributed by atoms with van der Waals surface area (Å²) in [4.78, 5) is 17.3. The van der Waals surface area contributed by atoms with Crippen LogP contribution >= 0.6 is 0 Å². The Morgan fingerprint density at radius 2 is 1.36 bits per heavy atom. The number of para-hydroxylation sites is 1. The summed E-state index contributed by atoms with van der Waals surface area (Å²) in [5.74, 6) is 0.933. The predicted molar refractivity (Wildman–Crippen MR) is 175 cm³/mol. The summed E-state index contributed by atoms with van der Waals surface area (Å²) in [7, 11) is 1.60. The normalized spacial score (nSPS) is 16.4. The Hall–Kier alpha value is -4.91. The van der Waals surface area contributed by atoms with Gasteiger partial charge in [-0.2, -0.15) is 0 Å². The first-order chi connectivity index (χ1) is 22.1. The molecule has 1 N–H and O–H groups in total. The van der Waals surface area contributed by atoms with Gasteiger partial charge in [-0.1, -0.05) is 115 Å². The van der Waals surface area contributed by atoms with Gasteiger partial charge in [-0.25, -0.2) is 0 Å². The minimum absolute atomic E-state index is 0.00247. The van der Waals surface area contributed by atoms with Gasteiger partial charge in [0, 0.05) is 30.3 Å². The van der Waals surface area contributed by atoms with Crippen LogP contribution in [-0.2, 0) is 21.6 Å². The van der Waals surface area contributed by atoms with Crippen LogP contribution in [0.15, 0.2) is 133 Å². The molecular weight excluding hydrogens is 562 g/mol. The van der Waals surface area contributed by atoms with Crippen molar-refractivity contribution in [2.75, 3.05) is 18.6 Å². The third-order valence-corrected chi connectivity index (χ3v) is 8.42. The van der Waals surface area contributed by atoms with E-state index in [1.165, 1.54) is 0 Å². The number of benzene rings is 5. The predicted octanol–water partition coefficient (Wildman–Crippen LogP) is 7.44. The number of anilines is 1. The van der Waals surface area contributed by atoms with Crippen molar-refractivity contribution in [3.63, 3.8) is 0 Å². The van der Waals surface area contributed by atoms with Crippen molar-refractivity contribution in [1.82, 2.24) is 0 Å². The van der Waals surface area contributed by atoms with Crippen LogP contribution < -0.4 is 14.4 Å². The summed E-state index contributed by atoms with van der Waals surface area (Å²) < 4.78 is 17.8. The molecule has 0 fully saturated rings. The lowest BCUT2D eigenvalue weighted by Crippen LogP contribution is -2.45. The van der Waals surface area contributed by atoms with Crippen LogP contribution in [0, 0.1) is 0 Å². The first-order valence-electron chi connectivity index (χ1n) is 15.2. The van der Waals surface area contributed by atoms with Crippen molar-refractivity contribution in [2.45, 2.75) is 37.7 Å². The van der Waals surface area contributed by atoms with E-state index in [-0.39, 0.29) is 12.3 Å². The van der Waals surface area contributed by atoms with Gasteiger partial charge in [-0.15, -0.1) is 0 Å². The molecule has 1 aliphatic rings. The van der Waals surface area contributed by atoms with Crippen LogP contribution in [0.4, 0.5) is 5.69 Å². The number of methoxy groups -OCH3 is 1. The maximum atomic E-state index is 15.5. The first kappa shape index (κ1) is 30.1. The van der Waals surface area contributed by atoms with E-state index in [2.05, 4.69) is 0 Å². The Kier molecular flexibility index (Phi) is 8.96. The largest absolute Gasteiger partial charge is 0.497 e. The fourth-order valence-corrected chi connectivity index (χ4v) is 6.41. The molecule has 45 heavy (non-hydrogen) atoms. The van der Waals surface area contributed by atoms with Crippen LogP contribution in [0.5, 0.6) is 11.5 Å². The van der Waals surface area contributed by atoms with Crippen LogP contribution in [0.1, 0.15) is 47.2 Å². The van der Waals surface area contributed by atoms with Gasteiger partial charge in [0.25, 0.3) is 0 Å². The van der Waals surface area contributed by atoms with E-state index in [9.17, 15) is 5.11 Å². The molecule has 1 aliphatic heterocycles. The van der Waals surface area contributed by atoms with E-state index in [0.717, 1.165) is 27.9 Å². The maximum Gasteiger partial charge on any atom is 0.243 e. The van der Waals surface area contributed by atoms with Gasteiger partial charge >= 0.3 is 0 Å². The SMILES string of the molecule is CCOC(O)CC1(c2ccc(OC)cc2OCc2ccccc2)C(=O)N(C(c2ccccc2)c2ccccc2)c2ccccc21. The molecule has 6 nitrogen and oxygen atoms in total. The molecular formula is C39H37NO5. The number of carbonyl (C=O) groups is 1. The zero-order chi connectivity index (χ0) is 31.2. The summed E-state index contributed by atoms with van der Waals surface area (Å²) in [6, 6.07) is 42.9. The van der Waals surface area contributed by atoms with Crippen LogP contribution in [0.25, 0.3) is 0 Å². The average Bonchev–Trinajstić information content (AvgIpc) is 3.32. The van der Waals surface area contributed by atoms with Crippen molar-refractivity contribution >= 4 is 11.6 Å². The standard InChI is InChI=1S/C39H37NO5/c1-3-44-36(41)26-39(33-24-23-31(43-2)25-35(33)45-27-28-15-7-4-8-16-28)32-21-13-14-22-34(32)40(38(39)42)37(29-17-9-5-10-18-29)30-19-11-6-12-20-30/h4-25,36-37,41H,3,26-27H2,1-2H3. The van der Waals surface area contributed by atoms with Gasteiger partial charge in [0.1, 0.15) is 23.5 Å². The molecule has 1 amide bonds. The average molecular weight is 600 g/mol. The van der Waals surface area contributed by atoms with Gasteiger partial charge < -0.3 is 19.3 Å². The summed E-state index contributed by atoms with van der Waals surface area (Å²) in [5, 5.41) is 11.3. The number of fused-ring (bicyclic) bond motifs is 1. The molecule has 0 aliphatic carbocycles. The number of ether oxygens (including phenoxy) is 3. The highest BCUT2D eigenvalue weighted by molar-refractivity contribution is 6.11. The number of hydrogen-bond acceptors (Lipinski definition) is 5. The third kappa shape index (κ3) is 5.82. The third-order valence-electron chi connectivity index (χ3n) is 8.42. The summed E-state index contributed by atoms with van der Waals surface area (Å²) in [6.45, 7) is 2.42. The Morgan fingerprint density at radius 1 is 0.756 bits per heavy atom. The molecule has 5 aromatic carbocycles. The molecule has 228 valence electrons. The molecule has 6 heteroatoms. The van der Waals surface area contributed by atoms with Crippen molar-refractivity contribution < 1.29 is 24.1 Å². The van der Waals surface area contributed by atoms with E-state index >= 15 is 4.79 Å². The highest BCUT2D eigenvalue weighted by Gasteiger charge is 2.56. The number of amides is 1. The minimum atomic E-state index is -1.33. The van der Waals surface area contributed by atoms with Gasteiger partial charge in [0.05, 0.1) is 13.2 Å². The molecule has 5 aromatic rings. The number of hydrogen-bond donors (Lipinski definition) is 1. The molecule has 0 bridgehead atoms. The molecule has 0 spiro atoms. The lowest BCUT2D eigenvalue weighted by Gasteiger charge is -2.35. The zero-order valence-electron chi connectivity index (χ0n) is 25.5. The highest BCUT2D eigenvalue weighted by atomic mass is 16.6. The fraction of sp³-hybridized carbons (Fsp3) is 0.205. The van der Waals surface area contributed by atoms with Crippen molar-refractivity contribution in [1.29, 1.82) is 0 Å². The van der Waals surface area contributed by atoms with Crippen molar-refractivity contribution in [2.24, 2.45) is 0 Å². The van der Waals surface area contributed by atoms with Crippen LogP contribution in [0.2, 0.25) is 0 Å². The molecule has 0 saturated heterocycles. The monoisotopic (exact) mass is 599 g/mol. The van der Waals surface area contributed by atoms with Gasteiger partial charge in [0.2, 0.25) is 5.91 Å². The van der Waals surface area contributed by atoms with E-state index in [0.29, 0.717) is 30.3 Å². The maximum absolute atomic E-state index is 15.5. The number of carbonyl (C=O) groups excluding carboxylic acids is 1. The lowest BCUT2D eigenvalue weighted by molar-refractivity contribution is -0.132. The molecule has 0 radical (unpaired) electrons. The molecule has 0 saturated carbocycles. The van der Waals surface area contributed by atoms with Crippen LogP contribution in [0.3, 0.4) is 0 Å². The Balaban J connectivity index is 1.57. The van der Waals surface area contributed by atoms with Crippen molar-refractivity contribution in [3.8, 4) is 11.5 Å². The Bertz CT molecular complexity index is 1690. The smallest absolute Gasteiger partial charge is 0.243 e. The first-order valence-corrected chi connectivity index (χ1v) is 15.2. The second-order valence-corrected chi connectivity index (χ2v) is 11.1. The van der Waals surface area contributed by atoms with Gasteiger partial charge in [-0.3, -0.25) is 9.69 Å². The number of aliphatic hydroxyl groups excluding tert-OH is 1. The summed E-state index contributed by atoms with van der Waals surface area (Å²) in [6.07, 6.45) is -1.21. The fourth-order valence-electron chi connectivity index (χ4n) is 6.41. The summed E-state index contributed by atoms with van der Waals surface area (Å²) >= 11 is 0. The topological polar surface area (TPSA) is 68.2 Å². The highest BCUT2D eigenvalue weighted by Crippen LogP contribution is 2.54. The molecule has 2 atom stereocenters. The van der Waals surface area contributed by atoms with Crippen molar-refractivity contribution in [3.05, 3.63) is 161 Å². The summed E-state index contributed by atoms with van der Waals surface area (Å²) in [5.41, 5.74) is 3.80. The quantitative estimate of drug-likeness (QED) is 0.151. The van der Waals surface area contributed by atoms with Crippen LogP contribution in [-0.4, -0.2) is 31.0 Å². The van der Waals surface area contributed by atoms with Gasteiger partial charge in [-0.05, 0) is 41.3 Å². The molecule has 1 heterocycles. The Labute approximate surface area is 264 Å². The van der Waals surface area contributed by atoms with E-state index in [1.807, 2.05) is 145 Å². The lowest BCUT2D eigenvalue weighted by atomic mass is 9.72. The molecule has 6 rings (SSSR count). The van der Waals surface area contributed by atoms with E-state index in [4.69, 9.17) is 14.2 Å². The van der Waals surface area contributed by atoms with E-state index < -0.39 is 17.7 Å². The second kappa shape index (κ2) is 13.4. The number of nitrogens with zero attached hydrogens (tertiary/aromatic N) is 1.